The minimum absolute atomic E-state index is 0.539. The molecule has 0 N–H and O–H groups in total. The van der Waals surface area contributed by atoms with Gasteiger partial charge in [0.2, 0.25) is 5.88 Å². The molecule has 2 aromatic heterocycles. The van der Waals surface area contributed by atoms with Gasteiger partial charge in [-0.15, -0.1) is 0 Å². The molecule has 0 spiro atoms. The van der Waals surface area contributed by atoms with E-state index < -0.39 is 0 Å². The average Bonchev–Trinajstić information content (AvgIpc) is 2.47. The van der Waals surface area contributed by atoms with Crippen molar-refractivity contribution in [1.82, 2.24) is 9.97 Å². The van der Waals surface area contributed by atoms with Crippen LogP contribution < -0.4 is 9.47 Å². The molecule has 0 aromatic carbocycles. The summed E-state index contributed by atoms with van der Waals surface area (Å²) in [7, 11) is 0. The molecule has 98 valence electrons. The number of ether oxygens (including phenoxy) is 2. The Morgan fingerprint density at radius 2 is 2.11 bits per heavy atom. The summed E-state index contributed by atoms with van der Waals surface area (Å²) in [5.41, 5.74) is 1.65. The van der Waals surface area contributed by atoms with Crippen LogP contribution in [0.2, 0.25) is 0 Å². The smallest absolute Gasteiger partial charge is 0.227 e. The largest absolute Gasteiger partial charge is 0.492 e. The summed E-state index contributed by atoms with van der Waals surface area (Å²) in [6, 6.07) is 7.56. The second-order valence-corrected chi connectivity index (χ2v) is 3.76. The summed E-state index contributed by atoms with van der Waals surface area (Å²) < 4.78 is 10.8. The molecule has 19 heavy (non-hydrogen) atoms. The van der Waals surface area contributed by atoms with Gasteiger partial charge in [-0.3, -0.25) is 4.98 Å². The van der Waals surface area contributed by atoms with E-state index in [1.807, 2.05) is 44.2 Å². The normalized spacial score (nSPS) is 10.6. The third-order valence-corrected chi connectivity index (χ3v) is 2.41. The zero-order valence-corrected chi connectivity index (χ0v) is 11.0. The van der Waals surface area contributed by atoms with Crippen molar-refractivity contribution in [3.8, 4) is 22.9 Å². The van der Waals surface area contributed by atoms with Gasteiger partial charge in [-0.25, -0.2) is 4.98 Å². The van der Waals surface area contributed by atoms with Crippen LogP contribution >= 0.6 is 0 Å². The van der Waals surface area contributed by atoms with Crippen LogP contribution in [0.25, 0.3) is 11.3 Å². The van der Waals surface area contributed by atoms with Gasteiger partial charge in [-0.2, -0.15) is 0 Å². The standard InChI is InChI=1S/C15H16N2O2/c1-3-10-19-15-13(6-5-9-16-15)14-8-7-12(11-17-14)18-4-2/h3,5-11H,4H2,1-2H3. The molecule has 2 rings (SSSR count). The minimum atomic E-state index is 0.539. The summed E-state index contributed by atoms with van der Waals surface area (Å²) in [6.45, 7) is 4.46. The van der Waals surface area contributed by atoms with Gasteiger partial charge >= 0.3 is 0 Å². The van der Waals surface area contributed by atoms with Crippen molar-refractivity contribution in [3.63, 3.8) is 0 Å². The summed E-state index contributed by atoms with van der Waals surface area (Å²) in [5, 5.41) is 0. The molecule has 2 aromatic rings. The Balaban J connectivity index is 2.30. The van der Waals surface area contributed by atoms with E-state index in [2.05, 4.69) is 9.97 Å². The molecule has 4 heteroatoms. The Hall–Kier alpha value is -2.36. The molecule has 0 bridgehead atoms. The van der Waals surface area contributed by atoms with Crippen molar-refractivity contribution < 1.29 is 9.47 Å². The number of allylic oxidation sites excluding steroid dienone is 1. The highest BCUT2D eigenvalue weighted by Gasteiger charge is 2.08. The van der Waals surface area contributed by atoms with Crippen LogP contribution in [-0.2, 0) is 0 Å². The van der Waals surface area contributed by atoms with Crippen LogP contribution in [-0.4, -0.2) is 16.6 Å². The molecule has 0 radical (unpaired) electrons. The third kappa shape index (κ3) is 3.31. The predicted molar refractivity (Wildman–Crippen MR) is 74.1 cm³/mol. The molecule has 2 heterocycles. The number of hydrogen-bond donors (Lipinski definition) is 0. The molecule has 0 fully saturated rings. The van der Waals surface area contributed by atoms with Crippen molar-refractivity contribution in [3.05, 3.63) is 49.0 Å². The van der Waals surface area contributed by atoms with E-state index in [1.54, 1.807) is 18.7 Å². The Morgan fingerprint density at radius 3 is 2.79 bits per heavy atom. The van der Waals surface area contributed by atoms with Crippen LogP contribution in [0.3, 0.4) is 0 Å². The zero-order valence-electron chi connectivity index (χ0n) is 11.0. The van der Waals surface area contributed by atoms with E-state index in [-0.39, 0.29) is 0 Å². The van der Waals surface area contributed by atoms with Crippen LogP contribution in [0.1, 0.15) is 13.8 Å². The molecule has 0 saturated carbocycles. The lowest BCUT2D eigenvalue weighted by Crippen LogP contribution is -1.94. The molecule has 0 aliphatic carbocycles. The Kier molecular flexibility index (Phi) is 4.50. The van der Waals surface area contributed by atoms with Gasteiger partial charge in [0.25, 0.3) is 0 Å². The molecule has 0 atom stereocenters. The maximum Gasteiger partial charge on any atom is 0.227 e. The van der Waals surface area contributed by atoms with Gasteiger partial charge in [-0.05, 0) is 38.1 Å². The Labute approximate surface area is 112 Å². The van der Waals surface area contributed by atoms with E-state index in [9.17, 15) is 0 Å². The molecule has 0 unspecified atom stereocenters. The van der Waals surface area contributed by atoms with Gasteiger partial charge in [0.05, 0.1) is 30.3 Å². The van der Waals surface area contributed by atoms with Gasteiger partial charge in [0.15, 0.2) is 0 Å². The van der Waals surface area contributed by atoms with Crippen molar-refractivity contribution in [1.29, 1.82) is 0 Å². The molecular weight excluding hydrogens is 240 g/mol. The fourth-order valence-corrected chi connectivity index (χ4v) is 1.60. The van der Waals surface area contributed by atoms with Crippen molar-refractivity contribution in [2.45, 2.75) is 13.8 Å². The fraction of sp³-hybridized carbons (Fsp3) is 0.200. The summed E-state index contributed by atoms with van der Waals surface area (Å²) in [4.78, 5) is 8.57. The van der Waals surface area contributed by atoms with E-state index in [1.165, 1.54) is 0 Å². The second kappa shape index (κ2) is 6.54. The summed E-state index contributed by atoms with van der Waals surface area (Å²) in [5.74, 6) is 1.29. The molecule has 0 saturated heterocycles. The van der Waals surface area contributed by atoms with Gasteiger partial charge in [0, 0.05) is 6.20 Å². The first-order valence-corrected chi connectivity index (χ1v) is 6.17. The predicted octanol–water partition coefficient (Wildman–Crippen LogP) is 3.45. The first kappa shape index (κ1) is 13.1. The van der Waals surface area contributed by atoms with Gasteiger partial charge in [0.1, 0.15) is 5.75 Å². The number of aromatic nitrogens is 2. The van der Waals surface area contributed by atoms with Crippen LogP contribution in [0, 0.1) is 0 Å². The van der Waals surface area contributed by atoms with Crippen molar-refractivity contribution >= 4 is 0 Å². The molecule has 0 aliphatic rings. The molecule has 0 amide bonds. The SMILES string of the molecule is CC=COc1ncccc1-c1ccc(OCC)cn1. The number of pyridine rings is 2. The molecule has 4 nitrogen and oxygen atoms in total. The maximum atomic E-state index is 5.46. The van der Waals surface area contributed by atoms with Crippen molar-refractivity contribution in [2.24, 2.45) is 0 Å². The fourth-order valence-electron chi connectivity index (χ4n) is 1.60. The lowest BCUT2D eigenvalue weighted by Gasteiger charge is -2.07. The summed E-state index contributed by atoms with van der Waals surface area (Å²) in [6.07, 6.45) is 6.80. The maximum absolute atomic E-state index is 5.46. The van der Waals surface area contributed by atoms with E-state index in [0.717, 1.165) is 17.0 Å². The average molecular weight is 256 g/mol. The lowest BCUT2D eigenvalue weighted by molar-refractivity contribution is 0.339. The van der Waals surface area contributed by atoms with E-state index in [4.69, 9.17) is 9.47 Å². The second-order valence-electron chi connectivity index (χ2n) is 3.76. The topological polar surface area (TPSA) is 44.2 Å². The van der Waals surface area contributed by atoms with E-state index >= 15 is 0 Å². The third-order valence-electron chi connectivity index (χ3n) is 2.41. The van der Waals surface area contributed by atoms with Gasteiger partial charge < -0.3 is 9.47 Å². The first-order valence-electron chi connectivity index (χ1n) is 6.17. The van der Waals surface area contributed by atoms with Gasteiger partial charge in [-0.1, -0.05) is 6.08 Å². The highest BCUT2D eigenvalue weighted by molar-refractivity contribution is 5.65. The zero-order chi connectivity index (χ0) is 13.5. The number of rotatable bonds is 5. The highest BCUT2D eigenvalue weighted by atomic mass is 16.5. The lowest BCUT2D eigenvalue weighted by atomic mass is 10.2. The minimum Gasteiger partial charge on any atom is -0.492 e. The number of nitrogens with zero attached hydrogens (tertiary/aromatic N) is 2. The molecule has 0 aliphatic heterocycles. The first-order chi connectivity index (χ1) is 9.35. The Morgan fingerprint density at radius 1 is 1.21 bits per heavy atom. The van der Waals surface area contributed by atoms with Crippen LogP contribution in [0.15, 0.2) is 49.0 Å². The highest BCUT2D eigenvalue weighted by Crippen LogP contribution is 2.27. The van der Waals surface area contributed by atoms with Crippen molar-refractivity contribution in [2.75, 3.05) is 6.61 Å². The number of hydrogen-bond acceptors (Lipinski definition) is 4. The monoisotopic (exact) mass is 256 g/mol. The Bertz CT molecular complexity index is 550. The van der Waals surface area contributed by atoms with Crippen LogP contribution in [0.4, 0.5) is 0 Å². The molecular formula is C15H16N2O2. The quantitative estimate of drug-likeness (QED) is 0.768. The van der Waals surface area contributed by atoms with Crippen LogP contribution in [0.5, 0.6) is 11.6 Å². The summed E-state index contributed by atoms with van der Waals surface area (Å²) >= 11 is 0. The van der Waals surface area contributed by atoms with E-state index in [0.29, 0.717) is 12.5 Å².